The smallest absolute Gasteiger partial charge is 0.260 e. The van der Waals surface area contributed by atoms with Crippen LogP contribution >= 0.6 is 50.9 Å². The maximum atomic E-state index is 12.7. The Morgan fingerprint density at radius 2 is 1.81 bits per heavy atom. The van der Waals surface area contributed by atoms with Gasteiger partial charge >= 0.3 is 0 Å². The highest BCUT2D eigenvalue weighted by atomic mass is 79.9. The molecule has 0 bridgehead atoms. The molecule has 3 aromatic carbocycles. The third-order valence-corrected chi connectivity index (χ3v) is 7.74. The van der Waals surface area contributed by atoms with E-state index < -0.39 is 0 Å². The lowest BCUT2D eigenvalue weighted by Gasteiger charge is -2.15. The highest BCUT2D eigenvalue weighted by Gasteiger charge is 2.27. The summed E-state index contributed by atoms with van der Waals surface area (Å²) in [4.78, 5) is 13.2. The molecule has 0 aliphatic carbocycles. The van der Waals surface area contributed by atoms with Crippen LogP contribution in [0.1, 0.15) is 30.5 Å². The van der Waals surface area contributed by atoms with E-state index in [4.69, 9.17) is 32.7 Å². The Morgan fingerprint density at radius 1 is 1.06 bits per heavy atom. The number of hydrogen-bond donors (Lipinski definition) is 2. The standard InChI is InChI=1S/C27H25BrCl2N2O3S/c1-3-16-5-9-20(10-6-16)31-27-32-26(33)25(36-27)12-18-11-23(34-4-2)24(14-21(18)28)35-15-17-7-8-19(29)13-22(17)30/h5-14,27,31H,3-4,15H2,1-2H3,(H,32,33)/b25-12-/t27-/m0/s1. The van der Waals surface area contributed by atoms with Crippen LogP contribution in [0, 0.1) is 0 Å². The number of anilines is 1. The van der Waals surface area contributed by atoms with Gasteiger partial charge < -0.3 is 20.1 Å². The fourth-order valence-corrected chi connectivity index (χ4v) is 5.41. The molecule has 0 unspecified atom stereocenters. The zero-order chi connectivity index (χ0) is 25.7. The van der Waals surface area contributed by atoms with E-state index in [1.54, 1.807) is 12.1 Å². The SMILES string of the molecule is CCOc1cc(/C=C2\S[C@@H](Nc3ccc(CC)cc3)NC2=O)c(Br)cc1OCc1ccc(Cl)cc1Cl. The van der Waals surface area contributed by atoms with Gasteiger partial charge in [0.05, 0.1) is 11.5 Å². The minimum Gasteiger partial charge on any atom is -0.490 e. The van der Waals surface area contributed by atoms with Crippen molar-refractivity contribution in [3.63, 3.8) is 0 Å². The molecule has 1 aliphatic heterocycles. The van der Waals surface area contributed by atoms with Crippen molar-refractivity contribution in [2.45, 2.75) is 32.4 Å². The maximum Gasteiger partial charge on any atom is 0.260 e. The van der Waals surface area contributed by atoms with Crippen molar-refractivity contribution in [3.05, 3.63) is 90.7 Å². The highest BCUT2D eigenvalue weighted by Crippen LogP contribution is 2.38. The van der Waals surface area contributed by atoms with Gasteiger partial charge in [-0.05, 0) is 66.9 Å². The summed E-state index contributed by atoms with van der Waals surface area (Å²) in [7, 11) is 0. The van der Waals surface area contributed by atoms with E-state index in [-0.39, 0.29) is 18.0 Å². The number of benzene rings is 3. The first-order chi connectivity index (χ1) is 17.4. The van der Waals surface area contributed by atoms with E-state index in [1.807, 2.05) is 43.3 Å². The van der Waals surface area contributed by atoms with E-state index in [9.17, 15) is 4.79 Å². The second-order valence-electron chi connectivity index (χ2n) is 7.95. The Bertz CT molecular complexity index is 1280. The molecule has 3 aromatic rings. The average Bonchev–Trinajstić information content (AvgIpc) is 3.19. The highest BCUT2D eigenvalue weighted by molar-refractivity contribution is 9.10. The number of rotatable bonds is 9. The first kappa shape index (κ1) is 26.7. The monoisotopic (exact) mass is 606 g/mol. The molecule has 0 radical (unpaired) electrons. The number of carbonyl (C=O) groups is 1. The van der Waals surface area contributed by atoms with E-state index in [0.29, 0.717) is 33.1 Å². The molecule has 1 fully saturated rings. The number of ether oxygens (including phenoxy) is 2. The Morgan fingerprint density at radius 3 is 2.50 bits per heavy atom. The number of carbonyl (C=O) groups excluding carboxylic acids is 1. The molecule has 0 aromatic heterocycles. The second kappa shape index (κ2) is 12.3. The van der Waals surface area contributed by atoms with Gasteiger partial charge in [-0.3, -0.25) is 4.79 Å². The van der Waals surface area contributed by atoms with Gasteiger partial charge in [0.2, 0.25) is 0 Å². The van der Waals surface area contributed by atoms with Crippen molar-refractivity contribution in [1.82, 2.24) is 5.32 Å². The van der Waals surface area contributed by atoms with Crippen LogP contribution in [0.4, 0.5) is 5.69 Å². The molecule has 1 aliphatic rings. The summed E-state index contributed by atoms with van der Waals surface area (Å²) in [5, 5.41) is 7.43. The van der Waals surface area contributed by atoms with Crippen molar-refractivity contribution in [2.75, 3.05) is 11.9 Å². The number of halogens is 3. The second-order valence-corrected chi connectivity index (χ2v) is 10.8. The zero-order valence-electron chi connectivity index (χ0n) is 19.7. The van der Waals surface area contributed by atoms with Gasteiger partial charge in [0.15, 0.2) is 17.0 Å². The molecule has 36 heavy (non-hydrogen) atoms. The van der Waals surface area contributed by atoms with Crippen molar-refractivity contribution >= 4 is 68.6 Å². The quantitative estimate of drug-likeness (QED) is 0.242. The molecule has 2 N–H and O–H groups in total. The minimum absolute atomic E-state index is 0.134. The molecule has 1 saturated heterocycles. The largest absolute Gasteiger partial charge is 0.490 e. The molecule has 0 spiro atoms. The molecular formula is C27H25BrCl2N2O3S. The molecule has 1 atom stereocenters. The van der Waals surface area contributed by atoms with Crippen molar-refractivity contribution in [1.29, 1.82) is 0 Å². The first-order valence-electron chi connectivity index (χ1n) is 11.4. The van der Waals surface area contributed by atoms with Crippen LogP contribution in [0.25, 0.3) is 6.08 Å². The summed E-state index contributed by atoms with van der Waals surface area (Å²) in [6.07, 6.45) is 2.83. The van der Waals surface area contributed by atoms with Gasteiger partial charge in [-0.1, -0.05) is 76.0 Å². The van der Waals surface area contributed by atoms with E-state index >= 15 is 0 Å². The van der Waals surface area contributed by atoms with Crippen molar-refractivity contribution in [3.8, 4) is 11.5 Å². The Hall–Kier alpha value is -2.32. The van der Waals surface area contributed by atoms with Crippen LogP contribution in [-0.4, -0.2) is 18.0 Å². The van der Waals surface area contributed by atoms with Crippen LogP contribution in [-0.2, 0) is 17.8 Å². The van der Waals surface area contributed by atoms with E-state index in [1.165, 1.54) is 17.3 Å². The number of amides is 1. The Balaban J connectivity index is 1.50. The van der Waals surface area contributed by atoms with Crippen LogP contribution < -0.4 is 20.1 Å². The fraction of sp³-hybridized carbons (Fsp3) is 0.222. The number of thioether (sulfide) groups is 1. The lowest BCUT2D eigenvalue weighted by atomic mass is 10.1. The van der Waals surface area contributed by atoms with Gasteiger partial charge in [0.25, 0.3) is 5.91 Å². The Labute approximate surface area is 233 Å². The summed E-state index contributed by atoms with van der Waals surface area (Å²) in [5.74, 6) is 1.01. The summed E-state index contributed by atoms with van der Waals surface area (Å²) >= 11 is 17.3. The zero-order valence-corrected chi connectivity index (χ0v) is 23.7. The van der Waals surface area contributed by atoms with Gasteiger partial charge in [-0.15, -0.1) is 0 Å². The predicted octanol–water partition coefficient (Wildman–Crippen LogP) is 7.90. The van der Waals surface area contributed by atoms with Crippen molar-refractivity contribution < 1.29 is 14.3 Å². The summed E-state index contributed by atoms with van der Waals surface area (Å²) in [5.41, 5.74) is 3.58. The molecule has 9 heteroatoms. The number of aryl methyl sites for hydroxylation is 1. The molecule has 5 nitrogen and oxygen atoms in total. The summed E-state index contributed by atoms with van der Waals surface area (Å²) in [6, 6.07) is 17.2. The minimum atomic E-state index is -0.256. The van der Waals surface area contributed by atoms with Gasteiger partial charge in [-0.25, -0.2) is 0 Å². The third kappa shape index (κ3) is 6.71. The van der Waals surface area contributed by atoms with Gasteiger partial charge in [0.1, 0.15) is 6.61 Å². The number of nitrogens with one attached hydrogen (secondary N) is 2. The predicted molar refractivity (Wildman–Crippen MR) is 153 cm³/mol. The molecular weight excluding hydrogens is 583 g/mol. The fourth-order valence-electron chi connectivity index (χ4n) is 3.53. The first-order valence-corrected chi connectivity index (χ1v) is 13.9. The van der Waals surface area contributed by atoms with Crippen LogP contribution in [0.2, 0.25) is 10.0 Å². The molecule has 1 amide bonds. The van der Waals surface area contributed by atoms with E-state index in [0.717, 1.165) is 27.7 Å². The summed E-state index contributed by atoms with van der Waals surface area (Å²) < 4.78 is 12.6. The lowest BCUT2D eigenvalue weighted by molar-refractivity contribution is -0.116. The third-order valence-electron chi connectivity index (χ3n) is 5.44. The molecule has 0 saturated carbocycles. The molecule has 1 heterocycles. The number of hydrogen-bond acceptors (Lipinski definition) is 5. The molecule has 4 rings (SSSR count). The van der Waals surface area contributed by atoms with Crippen LogP contribution in [0.3, 0.4) is 0 Å². The molecule has 188 valence electrons. The van der Waals surface area contributed by atoms with E-state index in [2.05, 4.69) is 45.6 Å². The van der Waals surface area contributed by atoms with Crippen molar-refractivity contribution in [2.24, 2.45) is 0 Å². The maximum absolute atomic E-state index is 12.7. The van der Waals surface area contributed by atoms with Gasteiger partial charge in [0, 0.05) is 25.8 Å². The lowest BCUT2D eigenvalue weighted by Crippen LogP contribution is -2.30. The van der Waals surface area contributed by atoms with Crippen LogP contribution in [0.15, 0.2) is 64.0 Å². The van der Waals surface area contributed by atoms with Crippen LogP contribution in [0.5, 0.6) is 11.5 Å². The van der Waals surface area contributed by atoms with Gasteiger partial charge in [-0.2, -0.15) is 0 Å². The Kier molecular flexibility index (Phi) is 9.12. The topological polar surface area (TPSA) is 59.6 Å². The normalized spacial score (nSPS) is 16.2. The summed E-state index contributed by atoms with van der Waals surface area (Å²) in [6.45, 7) is 4.75. The average molecular weight is 608 g/mol.